The summed E-state index contributed by atoms with van der Waals surface area (Å²) in [5.41, 5.74) is 1.93. The van der Waals surface area contributed by atoms with Gasteiger partial charge in [0.1, 0.15) is 6.73 Å². The van der Waals surface area contributed by atoms with Crippen molar-refractivity contribution in [2.45, 2.75) is 18.9 Å². The number of nitrogens with one attached hydrogen (secondary N) is 1. The summed E-state index contributed by atoms with van der Waals surface area (Å²) in [4.78, 5) is 12.5. The lowest BCUT2D eigenvalue weighted by Gasteiger charge is -2.31. The minimum absolute atomic E-state index is 0.186. The van der Waals surface area contributed by atoms with Crippen LogP contribution >= 0.6 is 11.6 Å². The van der Waals surface area contributed by atoms with Gasteiger partial charge in [0.05, 0.1) is 11.6 Å². The van der Waals surface area contributed by atoms with E-state index in [0.29, 0.717) is 0 Å². The second-order valence-corrected chi connectivity index (χ2v) is 6.70. The number of aryl methyl sites for hydroxylation is 1. The van der Waals surface area contributed by atoms with Gasteiger partial charge >= 0.3 is 6.03 Å². The van der Waals surface area contributed by atoms with Crippen molar-refractivity contribution in [2.24, 2.45) is 0 Å². The summed E-state index contributed by atoms with van der Waals surface area (Å²) in [6, 6.07) is 6.82. The standard InChI is InChI=1S/C13H15ClN2O5S/c1-9-3-2-4-10(5-9)7-21-8-16-12(22(18,19)20)11(14)6-15-13(16)17/h2-6,12H,7-8H2,1H3,(H,15,17)(H,18,19,20). The normalized spacial score (nSPS) is 18.9. The largest absolute Gasteiger partial charge is 0.356 e. The van der Waals surface area contributed by atoms with Gasteiger partial charge in [0.25, 0.3) is 10.1 Å². The fraction of sp³-hybridized carbons (Fsp3) is 0.308. The molecule has 22 heavy (non-hydrogen) atoms. The topological polar surface area (TPSA) is 95.9 Å². The highest BCUT2D eigenvalue weighted by Gasteiger charge is 2.39. The molecular formula is C13H15ClN2O5S. The molecule has 1 aliphatic rings. The molecule has 0 aromatic heterocycles. The Bertz CT molecular complexity index is 704. The highest BCUT2D eigenvalue weighted by atomic mass is 35.5. The van der Waals surface area contributed by atoms with E-state index >= 15 is 0 Å². The Morgan fingerprint density at radius 2 is 2.18 bits per heavy atom. The smallest absolute Gasteiger partial charge is 0.324 e. The van der Waals surface area contributed by atoms with E-state index in [-0.39, 0.29) is 18.4 Å². The lowest BCUT2D eigenvalue weighted by Crippen LogP contribution is -2.52. The van der Waals surface area contributed by atoms with E-state index in [1.807, 2.05) is 31.2 Å². The maximum Gasteiger partial charge on any atom is 0.324 e. The number of amides is 2. The molecule has 0 fully saturated rings. The molecule has 0 saturated carbocycles. The van der Waals surface area contributed by atoms with E-state index in [1.165, 1.54) is 0 Å². The molecule has 0 bridgehead atoms. The monoisotopic (exact) mass is 346 g/mol. The van der Waals surface area contributed by atoms with Gasteiger partial charge < -0.3 is 10.1 Å². The zero-order valence-electron chi connectivity index (χ0n) is 11.7. The molecule has 1 aromatic rings. The van der Waals surface area contributed by atoms with Crippen molar-refractivity contribution in [1.82, 2.24) is 10.2 Å². The number of halogens is 1. The second-order valence-electron chi connectivity index (χ2n) is 4.78. The maximum atomic E-state index is 11.7. The molecule has 0 aliphatic carbocycles. The summed E-state index contributed by atoms with van der Waals surface area (Å²) >= 11 is 5.75. The summed E-state index contributed by atoms with van der Waals surface area (Å²) in [6.07, 6.45) is 1.03. The van der Waals surface area contributed by atoms with Crippen LogP contribution in [0.3, 0.4) is 0 Å². The van der Waals surface area contributed by atoms with Crippen LogP contribution in [0, 0.1) is 6.92 Å². The summed E-state index contributed by atoms with van der Waals surface area (Å²) < 4.78 is 37.4. The number of ether oxygens (including phenoxy) is 1. The molecule has 9 heteroatoms. The first-order chi connectivity index (χ1) is 10.3. The van der Waals surface area contributed by atoms with Crippen LogP contribution in [0.1, 0.15) is 11.1 Å². The van der Waals surface area contributed by atoms with E-state index in [1.54, 1.807) is 0 Å². The van der Waals surface area contributed by atoms with Gasteiger partial charge in [-0.15, -0.1) is 0 Å². The Morgan fingerprint density at radius 1 is 1.45 bits per heavy atom. The number of rotatable bonds is 5. The van der Waals surface area contributed by atoms with Gasteiger partial charge in [0, 0.05) is 6.20 Å². The highest BCUT2D eigenvalue weighted by Crippen LogP contribution is 2.23. The van der Waals surface area contributed by atoms with Crippen LogP contribution in [0.2, 0.25) is 0 Å². The fourth-order valence-corrected chi connectivity index (χ4v) is 3.37. The third-order valence-corrected chi connectivity index (χ3v) is 4.49. The molecule has 2 rings (SSSR count). The van der Waals surface area contributed by atoms with Crippen molar-refractivity contribution < 1.29 is 22.5 Å². The van der Waals surface area contributed by atoms with Gasteiger partial charge in [0.15, 0.2) is 5.37 Å². The molecule has 1 atom stereocenters. The quantitative estimate of drug-likeness (QED) is 0.792. The average molecular weight is 347 g/mol. The Balaban J connectivity index is 2.06. The number of benzene rings is 1. The Labute approximate surface area is 133 Å². The molecular weight excluding hydrogens is 332 g/mol. The van der Waals surface area contributed by atoms with Crippen LogP contribution in [0.25, 0.3) is 0 Å². The zero-order chi connectivity index (χ0) is 16.3. The molecule has 7 nitrogen and oxygen atoms in total. The lowest BCUT2D eigenvalue weighted by atomic mass is 10.1. The number of urea groups is 1. The van der Waals surface area contributed by atoms with Crippen molar-refractivity contribution in [2.75, 3.05) is 6.73 Å². The molecule has 0 spiro atoms. The van der Waals surface area contributed by atoms with Crippen LogP contribution in [0.4, 0.5) is 4.79 Å². The van der Waals surface area contributed by atoms with E-state index in [9.17, 15) is 17.8 Å². The molecule has 120 valence electrons. The van der Waals surface area contributed by atoms with Crippen molar-refractivity contribution in [3.8, 4) is 0 Å². The molecule has 0 radical (unpaired) electrons. The lowest BCUT2D eigenvalue weighted by molar-refractivity contribution is 0.0345. The summed E-state index contributed by atoms with van der Waals surface area (Å²) in [5, 5.41) is 0.392. The van der Waals surface area contributed by atoms with Gasteiger partial charge in [-0.1, -0.05) is 41.4 Å². The molecule has 0 saturated heterocycles. The molecule has 1 heterocycles. The third-order valence-electron chi connectivity index (χ3n) is 2.98. The average Bonchev–Trinajstić information content (AvgIpc) is 2.41. The SMILES string of the molecule is Cc1cccc(COCN2C(=O)NC=C(Cl)C2S(=O)(=O)O)c1. The summed E-state index contributed by atoms with van der Waals surface area (Å²) in [6.45, 7) is 1.78. The van der Waals surface area contributed by atoms with Gasteiger partial charge in [-0.2, -0.15) is 8.42 Å². The third kappa shape index (κ3) is 3.98. The van der Waals surface area contributed by atoms with Crippen LogP contribution in [-0.2, 0) is 21.5 Å². The minimum atomic E-state index is -4.57. The van der Waals surface area contributed by atoms with E-state index in [4.69, 9.17) is 16.3 Å². The highest BCUT2D eigenvalue weighted by molar-refractivity contribution is 7.86. The fourth-order valence-electron chi connectivity index (χ4n) is 2.03. The number of carbonyl (C=O) groups excluding carboxylic acids is 1. The zero-order valence-corrected chi connectivity index (χ0v) is 13.3. The van der Waals surface area contributed by atoms with Gasteiger partial charge in [-0.3, -0.25) is 9.45 Å². The van der Waals surface area contributed by atoms with Crippen LogP contribution in [-0.4, -0.2) is 36.0 Å². The van der Waals surface area contributed by atoms with Crippen molar-refractivity contribution in [3.63, 3.8) is 0 Å². The Morgan fingerprint density at radius 3 is 2.82 bits per heavy atom. The van der Waals surface area contributed by atoms with Gasteiger partial charge in [-0.25, -0.2) is 4.79 Å². The first-order valence-electron chi connectivity index (χ1n) is 6.31. The number of hydrogen-bond donors (Lipinski definition) is 2. The second kappa shape index (κ2) is 6.66. The Kier molecular flexibility index (Phi) is 5.07. The predicted molar refractivity (Wildman–Crippen MR) is 80.5 cm³/mol. The van der Waals surface area contributed by atoms with Crippen molar-refractivity contribution in [3.05, 3.63) is 46.6 Å². The van der Waals surface area contributed by atoms with E-state index in [2.05, 4.69) is 5.32 Å². The van der Waals surface area contributed by atoms with Gasteiger partial charge in [-0.05, 0) is 12.5 Å². The maximum absolute atomic E-state index is 11.7. The van der Waals surface area contributed by atoms with Crippen LogP contribution in [0.15, 0.2) is 35.5 Å². The summed E-state index contributed by atoms with van der Waals surface area (Å²) in [5.74, 6) is 0. The first kappa shape index (κ1) is 16.8. The summed E-state index contributed by atoms with van der Waals surface area (Å²) in [7, 11) is -4.57. The first-order valence-corrected chi connectivity index (χ1v) is 8.19. The number of hydrogen-bond acceptors (Lipinski definition) is 4. The van der Waals surface area contributed by atoms with Crippen LogP contribution in [0.5, 0.6) is 0 Å². The molecule has 2 amide bonds. The van der Waals surface area contributed by atoms with E-state index < -0.39 is 21.5 Å². The Hall–Kier alpha value is -1.61. The molecule has 2 N–H and O–H groups in total. The minimum Gasteiger partial charge on any atom is -0.356 e. The van der Waals surface area contributed by atoms with Crippen molar-refractivity contribution >= 4 is 27.8 Å². The van der Waals surface area contributed by atoms with Crippen LogP contribution < -0.4 is 5.32 Å². The number of carbonyl (C=O) groups is 1. The number of nitrogens with zero attached hydrogens (tertiary/aromatic N) is 1. The molecule has 1 aliphatic heterocycles. The predicted octanol–water partition coefficient (Wildman–Crippen LogP) is 1.79. The van der Waals surface area contributed by atoms with Gasteiger partial charge in [0.2, 0.25) is 0 Å². The van der Waals surface area contributed by atoms with E-state index in [0.717, 1.165) is 22.2 Å². The molecule has 1 aromatic carbocycles. The van der Waals surface area contributed by atoms with Crippen molar-refractivity contribution in [1.29, 1.82) is 0 Å². The molecule has 1 unspecified atom stereocenters.